The molecule has 0 radical (unpaired) electrons. The summed E-state index contributed by atoms with van der Waals surface area (Å²) in [7, 11) is 0. The van der Waals surface area contributed by atoms with Gasteiger partial charge in [-0.2, -0.15) is 5.26 Å². The summed E-state index contributed by atoms with van der Waals surface area (Å²) < 4.78 is 0. The Hall–Kier alpha value is -2.41. The molecular formula is C15H16N4. The number of hydrogen-bond acceptors (Lipinski definition) is 4. The molecule has 2 aromatic rings. The molecule has 4 heteroatoms. The number of nitrogens with zero attached hydrogens (tertiary/aromatic N) is 3. The van der Waals surface area contributed by atoms with Crippen molar-refractivity contribution in [3.8, 4) is 6.07 Å². The third kappa shape index (κ3) is 3.08. The molecule has 0 unspecified atom stereocenters. The molecule has 0 saturated heterocycles. The lowest BCUT2D eigenvalue weighted by molar-refractivity contribution is 0.866. The summed E-state index contributed by atoms with van der Waals surface area (Å²) in [5.74, 6) is 1.11. The van der Waals surface area contributed by atoms with Crippen LogP contribution in [-0.2, 0) is 0 Å². The van der Waals surface area contributed by atoms with E-state index in [-0.39, 0.29) is 0 Å². The maximum absolute atomic E-state index is 8.83. The molecule has 0 saturated carbocycles. The lowest BCUT2D eigenvalue weighted by Gasteiger charge is -2.12. The van der Waals surface area contributed by atoms with E-state index >= 15 is 0 Å². The minimum atomic E-state index is 0.357. The van der Waals surface area contributed by atoms with Gasteiger partial charge in [0.05, 0.1) is 0 Å². The van der Waals surface area contributed by atoms with Gasteiger partial charge in [0.25, 0.3) is 0 Å². The molecular weight excluding hydrogens is 236 g/mol. The Bertz CT molecular complexity index is 626. The van der Waals surface area contributed by atoms with Crippen molar-refractivity contribution < 1.29 is 0 Å². The van der Waals surface area contributed by atoms with E-state index in [4.69, 9.17) is 5.26 Å². The quantitative estimate of drug-likeness (QED) is 0.907. The zero-order valence-electron chi connectivity index (χ0n) is 11.3. The molecule has 1 heterocycles. The zero-order valence-corrected chi connectivity index (χ0v) is 11.3. The van der Waals surface area contributed by atoms with E-state index in [1.54, 1.807) is 6.07 Å². The van der Waals surface area contributed by atoms with Crippen molar-refractivity contribution in [2.45, 2.75) is 26.7 Å². The average molecular weight is 252 g/mol. The molecule has 0 fully saturated rings. The second-order valence-electron chi connectivity index (χ2n) is 4.75. The van der Waals surface area contributed by atoms with Gasteiger partial charge in [-0.25, -0.2) is 9.97 Å². The van der Waals surface area contributed by atoms with Crippen LogP contribution in [0.5, 0.6) is 0 Å². The summed E-state index contributed by atoms with van der Waals surface area (Å²) >= 11 is 0. The van der Waals surface area contributed by atoms with Crippen LogP contribution < -0.4 is 5.32 Å². The summed E-state index contributed by atoms with van der Waals surface area (Å²) in [5, 5.41) is 12.1. The number of anilines is 2. The van der Waals surface area contributed by atoms with Gasteiger partial charge in [-0.3, -0.25) is 0 Å². The summed E-state index contributed by atoms with van der Waals surface area (Å²) in [6.07, 6.45) is 1.39. The molecule has 0 aliphatic heterocycles. The van der Waals surface area contributed by atoms with Gasteiger partial charge in [-0.05, 0) is 30.0 Å². The average Bonchev–Trinajstić information content (AvgIpc) is 2.41. The van der Waals surface area contributed by atoms with Crippen LogP contribution in [0.25, 0.3) is 0 Å². The molecule has 1 N–H and O–H groups in total. The van der Waals surface area contributed by atoms with E-state index in [0.717, 1.165) is 11.3 Å². The molecule has 0 spiro atoms. The van der Waals surface area contributed by atoms with Gasteiger partial charge in [0.15, 0.2) is 0 Å². The largest absolute Gasteiger partial charge is 0.340 e. The SMILES string of the molecule is Cc1ccc(C(C)C)cc1Nc1cc(C#N)ncn1. The number of benzene rings is 1. The fourth-order valence-electron chi connectivity index (χ4n) is 1.76. The standard InChI is InChI=1S/C15H16N4/c1-10(2)12-5-4-11(3)14(6-12)19-15-7-13(8-16)17-9-18-15/h4-7,9-10H,1-3H3,(H,17,18,19). The van der Waals surface area contributed by atoms with Crippen molar-refractivity contribution in [2.75, 3.05) is 5.32 Å². The number of rotatable bonds is 3. The van der Waals surface area contributed by atoms with Crippen LogP contribution in [0.15, 0.2) is 30.6 Å². The van der Waals surface area contributed by atoms with E-state index < -0.39 is 0 Å². The van der Waals surface area contributed by atoms with E-state index in [0.29, 0.717) is 17.4 Å². The van der Waals surface area contributed by atoms with Crippen molar-refractivity contribution >= 4 is 11.5 Å². The molecule has 0 amide bonds. The maximum atomic E-state index is 8.83. The zero-order chi connectivity index (χ0) is 13.8. The molecule has 96 valence electrons. The first kappa shape index (κ1) is 13.0. The van der Waals surface area contributed by atoms with Gasteiger partial charge >= 0.3 is 0 Å². The minimum Gasteiger partial charge on any atom is -0.340 e. The molecule has 1 aromatic carbocycles. The van der Waals surface area contributed by atoms with E-state index in [9.17, 15) is 0 Å². The molecule has 1 aromatic heterocycles. The summed E-state index contributed by atoms with van der Waals surface area (Å²) in [5.41, 5.74) is 3.77. The van der Waals surface area contributed by atoms with Crippen molar-refractivity contribution in [3.05, 3.63) is 47.4 Å². The summed E-state index contributed by atoms with van der Waals surface area (Å²) in [6.45, 7) is 6.36. The number of nitrogens with one attached hydrogen (secondary N) is 1. The highest BCUT2D eigenvalue weighted by Gasteiger charge is 2.05. The van der Waals surface area contributed by atoms with Gasteiger partial charge in [0, 0.05) is 11.8 Å². The van der Waals surface area contributed by atoms with Gasteiger partial charge < -0.3 is 5.32 Å². The molecule has 19 heavy (non-hydrogen) atoms. The summed E-state index contributed by atoms with van der Waals surface area (Å²) in [6, 6.07) is 9.98. The molecule has 0 aliphatic carbocycles. The molecule has 0 bridgehead atoms. The predicted molar refractivity (Wildman–Crippen MR) is 75.3 cm³/mol. The van der Waals surface area contributed by atoms with Crippen LogP contribution >= 0.6 is 0 Å². The number of hydrogen-bond donors (Lipinski definition) is 1. The second kappa shape index (κ2) is 5.49. The van der Waals surface area contributed by atoms with Crippen LogP contribution in [0.3, 0.4) is 0 Å². The van der Waals surface area contributed by atoms with Crippen molar-refractivity contribution in [1.29, 1.82) is 5.26 Å². The third-order valence-corrected chi connectivity index (χ3v) is 2.97. The van der Waals surface area contributed by atoms with Crippen LogP contribution in [0.4, 0.5) is 11.5 Å². The summed E-state index contributed by atoms with van der Waals surface area (Å²) in [4.78, 5) is 7.98. The number of aryl methyl sites for hydroxylation is 1. The fourth-order valence-corrected chi connectivity index (χ4v) is 1.76. The Morgan fingerprint density at radius 1 is 1.21 bits per heavy atom. The second-order valence-corrected chi connectivity index (χ2v) is 4.75. The first-order chi connectivity index (χ1) is 9.10. The Morgan fingerprint density at radius 3 is 2.68 bits per heavy atom. The smallest absolute Gasteiger partial charge is 0.145 e. The van der Waals surface area contributed by atoms with Gasteiger partial charge in [-0.1, -0.05) is 26.0 Å². The Labute approximate surface area is 113 Å². The molecule has 4 nitrogen and oxygen atoms in total. The number of aromatic nitrogens is 2. The van der Waals surface area contributed by atoms with Gasteiger partial charge in [-0.15, -0.1) is 0 Å². The van der Waals surface area contributed by atoms with Crippen LogP contribution in [0.1, 0.15) is 36.6 Å². The predicted octanol–water partition coefficient (Wildman–Crippen LogP) is 3.52. The highest BCUT2D eigenvalue weighted by molar-refractivity contribution is 5.62. The lowest BCUT2D eigenvalue weighted by Crippen LogP contribution is -1.99. The Kier molecular flexibility index (Phi) is 3.76. The van der Waals surface area contributed by atoms with Crippen molar-refractivity contribution in [2.24, 2.45) is 0 Å². The highest BCUT2D eigenvalue weighted by Crippen LogP contribution is 2.24. The first-order valence-electron chi connectivity index (χ1n) is 6.20. The topological polar surface area (TPSA) is 61.6 Å². The minimum absolute atomic E-state index is 0.357. The van der Waals surface area contributed by atoms with Crippen LogP contribution in [0.2, 0.25) is 0 Å². The molecule has 0 atom stereocenters. The highest BCUT2D eigenvalue weighted by atomic mass is 15.0. The Balaban J connectivity index is 2.32. The lowest BCUT2D eigenvalue weighted by atomic mass is 10.0. The first-order valence-corrected chi connectivity index (χ1v) is 6.20. The van der Waals surface area contributed by atoms with Gasteiger partial charge in [0.1, 0.15) is 23.9 Å². The number of nitriles is 1. The molecule has 0 aliphatic rings. The maximum Gasteiger partial charge on any atom is 0.145 e. The third-order valence-electron chi connectivity index (χ3n) is 2.97. The van der Waals surface area contributed by atoms with Crippen LogP contribution in [0, 0.1) is 18.3 Å². The molecule has 2 rings (SSSR count). The monoisotopic (exact) mass is 252 g/mol. The fraction of sp³-hybridized carbons (Fsp3) is 0.267. The normalized spacial score (nSPS) is 10.3. The van der Waals surface area contributed by atoms with Crippen molar-refractivity contribution in [3.63, 3.8) is 0 Å². The Morgan fingerprint density at radius 2 is 2.00 bits per heavy atom. The van der Waals surface area contributed by atoms with Crippen LogP contribution in [-0.4, -0.2) is 9.97 Å². The van der Waals surface area contributed by atoms with E-state index in [2.05, 4.69) is 47.3 Å². The van der Waals surface area contributed by atoms with Gasteiger partial charge in [0.2, 0.25) is 0 Å². The van der Waals surface area contributed by atoms with Crippen molar-refractivity contribution in [1.82, 2.24) is 9.97 Å². The van der Waals surface area contributed by atoms with E-state index in [1.807, 2.05) is 13.0 Å². The van der Waals surface area contributed by atoms with E-state index in [1.165, 1.54) is 11.9 Å².